The summed E-state index contributed by atoms with van der Waals surface area (Å²) in [5, 5.41) is 7.27. The Hall–Kier alpha value is -7.16. The molecule has 2 heteroatoms. The third kappa shape index (κ3) is 4.96. The fourth-order valence-electron chi connectivity index (χ4n) is 8.38. The molecule has 11 aromatic rings. The van der Waals surface area contributed by atoms with E-state index >= 15 is 0 Å². The summed E-state index contributed by atoms with van der Waals surface area (Å²) in [5.41, 5.74) is 15.0. The summed E-state index contributed by atoms with van der Waals surface area (Å²) >= 11 is 0. The Morgan fingerprint density at radius 1 is 0.296 bits per heavy atom. The fourth-order valence-corrected chi connectivity index (χ4v) is 8.38. The van der Waals surface area contributed by atoms with E-state index in [-0.39, 0.29) is 0 Å². The van der Waals surface area contributed by atoms with Gasteiger partial charge < -0.3 is 8.98 Å². The maximum atomic E-state index is 6.16. The fraction of sp³-hybridized carbons (Fsp3) is 0. The van der Waals surface area contributed by atoms with Crippen LogP contribution in [0.15, 0.2) is 205 Å². The Balaban J connectivity index is 0.971. The summed E-state index contributed by atoms with van der Waals surface area (Å²) < 4.78 is 8.54. The third-order valence-electron chi connectivity index (χ3n) is 11.0. The number of rotatable bonds is 5. The predicted molar refractivity (Wildman–Crippen MR) is 227 cm³/mol. The van der Waals surface area contributed by atoms with Crippen molar-refractivity contribution in [3.05, 3.63) is 200 Å². The predicted octanol–water partition coefficient (Wildman–Crippen LogP) is 14.5. The van der Waals surface area contributed by atoms with Crippen molar-refractivity contribution in [3.63, 3.8) is 0 Å². The first kappa shape index (κ1) is 30.5. The van der Waals surface area contributed by atoms with Crippen molar-refractivity contribution >= 4 is 54.5 Å². The van der Waals surface area contributed by atoms with Crippen LogP contribution >= 0.6 is 0 Å². The Morgan fingerprint density at radius 3 is 1.59 bits per heavy atom. The van der Waals surface area contributed by atoms with E-state index in [0.29, 0.717) is 0 Å². The van der Waals surface area contributed by atoms with Crippen LogP contribution in [0.4, 0.5) is 0 Å². The minimum absolute atomic E-state index is 0.905. The summed E-state index contributed by atoms with van der Waals surface area (Å²) in [5.74, 6) is 0. The van der Waals surface area contributed by atoms with E-state index < -0.39 is 0 Å². The van der Waals surface area contributed by atoms with Crippen LogP contribution in [0.1, 0.15) is 0 Å². The molecule has 0 aliphatic carbocycles. The molecule has 0 radical (unpaired) electrons. The molecule has 0 amide bonds. The largest absolute Gasteiger partial charge is 0.456 e. The van der Waals surface area contributed by atoms with E-state index in [2.05, 4.69) is 193 Å². The molecule has 11 rings (SSSR count). The number of benzene rings is 9. The van der Waals surface area contributed by atoms with Crippen molar-refractivity contribution in [2.75, 3.05) is 0 Å². The zero-order chi connectivity index (χ0) is 35.6. The van der Waals surface area contributed by atoms with Crippen LogP contribution in [-0.4, -0.2) is 4.57 Å². The van der Waals surface area contributed by atoms with Gasteiger partial charge in [0.25, 0.3) is 0 Å². The van der Waals surface area contributed by atoms with Crippen molar-refractivity contribution in [1.82, 2.24) is 4.57 Å². The molecule has 2 heterocycles. The van der Waals surface area contributed by atoms with Crippen molar-refractivity contribution in [2.45, 2.75) is 0 Å². The highest BCUT2D eigenvalue weighted by Crippen LogP contribution is 2.38. The molecule has 252 valence electrons. The topological polar surface area (TPSA) is 18.1 Å². The van der Waals surface area contributed by atoms with Crippen LogP contribution in [-0.2, 0) is 0 Å². The Morgan fingerprint density at radius 2 is 0.833 bits per heavy atom. The van der Waals surface area contributed by atoms with Gasteiger partial charge in [0.1, 0.15) is 11.2 Å². The molecule has 0 fully saturated rings. The highest BCUT2D eigenvalue weighted by Gasteiger charge is 2.16. The molecule has 0 spiro atoms. The molecular formula is C52H33NO. The standard InChI is InChI=1S/C52H33NO/c1-2-19-43-34(11-1)12-10-22-44(43)41-18-9-17-39(31-41)37-15-7-13-35(29-37)36-14-8-16-38(30-36)40-25-27-50-47(32-40)45-20-3-5-23-49(45)53(50)42-26-28-52-48(33-42)46-21-4-6-24-51(46)54-52/h1-33H. The van der Waals surface area contributed by atoms with Crippen LogP contribution < -0.4 is 0 Å². The first-order chi connectivity index (χ1) is 26.7. The first-order valence-corrected chi connectivity index (χ1v) is 18.5. The van der Waals surface area contributed by atoms with Gasteiger partial charge in [-0.3, -0.25) is 0 Å². The molecule has 2 aromatic heterocycles. The zero-order valence-corrected chi connectivity index (χ0v) is 29.4. The van der Waals surface area contributed by atoms with Crippen LogP contribution in [0.25, 0.3) is 105 Å². The molecule has 9 aromatic carbocycles. The average Bonchev–Trinajstić information content (AvgIpc) is 3.78. The Kier molecular flexibility index (Phi) is 6.90. The van der Waals surface area contributed by atoms with Gasteiger partial charge in [-0.2, -0.15) is 0 Å². The van der Waals surface area contributed by atoms with E-state index in [1.807, 2.05) is 12.1 Å². The second kappa shape index (κ2) is 12.2. The number of fused-ring (bicyclic) bond motifs is 7. The normalized spacial score (nSPS) is 11.7. The smallest absolute Gasteiger partial charge is 0.135 e. The highest BCUT2D eigenvalue weighted by atomic mass is 16.3. The summed E-state index contributed by atoms with van der Waals surface area (Å²) in [7, 11) is 0. The second-order valence-electron chi connectivity index (χ2n) is 14.1. The number of aromatic nitrogens is 1. The van der Waals surface area contributed by atoms with Crippen molar-refractivity contribution < 1.29 is 4.42 Å². The van der Waals surface area contributed by atoms with E-state index in [4.69, 9.17) is 4.42 Å². The van der Waals surface area contributed by atoms with Crippen LogP contribution in [0.3, 0.4) is 0 Å². The summed E-state index contributed by atoms with van der Waals surface area (Å²) in [6.07, 6.45) is 0. The van der Waals surface area contributed by atoms with Crippen LogP contribution in [0, 0.1) is 0 Å². The van der Waals surface area contributed by atoms with Gasteiger partial charge in [-0.1, -0.05) is 140 Å². The number of para-hydroxylation sites is 2. The molecule has 0 unspecified atom stereocenters. The van der Waals surface area contributed by atoms with E-state index in [1.54, 1.807) is 0 Å². The maximum absolute atomic E-state index is 6.16. The minimum atomic E-state index is 0.905. The van der Waals surface area contributed by atoms with Crippen molar-refractivity contribution in [1.29, 1.82) is 0 Å². The molecule has 0 saturated heterocycles. The lowest BCUT2D eigenvalue weighted by Crippen LogP contribution is -1.93. The molecule has 0 aliphatic heterocycles. The van der Waals surface area contributed by atoms with Crippen LogP contribution in [0.5, 0.6) is 0 Å². The third-order valence-corrected chi connectivity index (χ3v) is 11.0. The molecule has 0 saturated carbocycles. The van der Waals surface area contributed by atoms with Gasteiger partial charge in [0.2, 0.25) is 0 Å². The summed E-state index contributed by atoms with van der Waals surface area (Å²) in [6, 6.07) is 72.4. The maximum Gasteiger partial charge on any atom is 0.135 e. The van der Waals surface area contributed by atoms with E-state index in [1.165, 1.54) is 77.1 Å². The quantitative estimate of drug-likeness (QED) is 0.176. The number of hydrogen-bond acceptors (Lipinski definition) is 1. The highest BCUT2D eigenvalue weighted by molar-refractivity contribution is 6.11. The molecule has 0 atom stereocenters. The first-order valence-electron chi connectivity index (χ1n) is 18.5. The van der Waals surface area contributed by atoms with Crippen molar-refractivity contribution in [3.8, 4) is 50.2 Å². The Labute approximate surface area is 312 Å². The minimum Gasteiger partial charge on any atom is -0.456 e. The number of hydrogen-bond donors (Lipinski definition) is 0. The molecule has 2 nitrogen and oxygen atoms in total. The van der Waals surface area contributed by atoms with E-state index in [0.717, 1.165) is 27.6 Å². The van der Waals surface area contributed by atoms with Crippen molar-refractivity contribution in [2.24, 2.45) is 0 Å². The zero-order valence-electron chi connectivity index (χ0n) is 29.4. The molecule has 0 aliphatic rings. The van der Waals surface area contributed by atoms with Gasteiger partial charge in [0, 0.05) is 27.2 Å². The molecule has 54 heavy (non-hydrogen) atoms. The average molecular weight is 688 g/mol. The van der Waals surface area contributed by atoms with Gasteiger partial charge in [-0.25, -0.2) is 0 Å². The summed E-state index contributed by atoms with van der Waals surface area (Å²) in [4.78, 5) is 0. The van der Waals surface area contributed by atoms with Crippen LogP contribution in [0.2, 0.25) is 0 Å². The SMILES string of the molecule is c1cc(-c2cccc(-c3ccc4c(c3)c3ccccc3n4-c3ccc4oc5ccccc5c4c3)c2)cc(-c2cccc(-c3cccc4ccccc34)c2)c1. The van der Waals surface area contributed by atoms with Gasteiger partial charge in [-0.15, -0.1) is 0 Å². The molecular weight excluding hydrogens is 655 g/mol. The Bertz CT molecular complexity index is 3230. The van der Waals surface area contributed by atoms with Gasteiger partial charge in [0.15, 0.2) is 0 Å². The lowest BCUT2D eigenvalue weighted by Gasteiger charge is -2.11. The molecule has 0 bridgehead atoms. The molecule has 0 N–H and O–H groups in total. The number of nitrogens with zero attached hydrogens (tertiary/aromatic N) is 1. The van der Waals surface area contributed by atoms with Gasteiger partial charge >= 0.3 is 0 Å². The second-order valence-corrected chi connectivity index (χ2v) is 14.1. The van der Waals surface area contributed by atoms with Gasteiger partial charge in [-0.05, 0) is 116 Å². The van der Waals surface area contributed by atoms with E-state index in [9.17, 15) is 0 Å². The lowest BCUT2D eigenvalue weighted by molar-refractivity contribution is 0.669. The number of furan rings is 1. The summed E-state index contributed by atoms with van der Waals surface area (Å²) in [6.45, 7) is 0. The van der Waals surface area contributed by atoms with Gasteiger partial charge in [0.05, 0.1) is 11.0 Å². The monoisotopic (exact) mass is 687 g/mol. The lowest BCUT2D eigenvalue weighted by atomic mass is 9.93.